The summed E-state index contributed by atoms with van der Waals surface area (Å²) < 4.78 is 1.91. The Kier molecular flexibility index (Phi) is 3.66. The second-order valence-electron chi connectivity index (χ2n) is 4.70. The van der Waals surface area contributed by atoms with Crippen LogP contribution in [-0.4, -0.2) is 9.38 Å². The normalized spacial score (nSPS) is 11.6. The Morgan fingerprint density at radius 3 is 2.67 bits per heavy atom. The van der Waals surface area contributed by atoms with E-state index in [2.05, 4.69) is 15.2 Å². The van der Waals surface area contributed by atoms with Crippen molar-refractivity contribution in [3.8, 4) is 0 Å². The Hall–Kier alpha value is -1.91. The number of hydrogen-bond acceptors (Lipinski definition) is 3. The van der Waals surface area contributed by atoms with Crippen molar-refractivity contribution < 1.29 is 0 Å². The molecule has 0 saturated heterocycles. The largest absolute Gasteiger partial charge is 0.283 e. The SMILES string of the molecule is Cc1nc2c(C)cccn2c1N=Nc1ccc(Cl)cc1Cl. The molecule has 0 aliphatic carbocycles. The van der Waals surface area contributed by atoms with Gasteiger partial charge >= 0.3 is 0 Å². The topological polar surface area (TPSA) is 42.0 Å². The third-order valence-electron chi connectivity index (χ3n) is 3.15. The van der Waals surface area contributed by atoms with Crippen LogP contribution in [0, 0.1) is 13.8 Å². The van der Waals surface area contributed by atoms with Gasteiger partial charge in [-0.3, -0.25) is 4.40 Å². The predicted octanol–water partition coefficient (Wildman–Crippen LogP) is 5.67. The van der Waals surface area contributed by atoms with Crippen LogP contribution in [0.4, 0.5) is 11.5 Å². The van der Waals surface area contributed by atoms with Crippen LogP contribution in [0.5, 0.6) is 0 Å². The molecule has 4 nitrogen and oxygen atoms in total. The fourth-order valence-corrected chi connectivity index (χ4v) is 2.54. The molecule has 0 aliphatic rings. The van der Waals surface area contributed by atoms with Crippen molar-refractivity contribution in [1.82, 2.24) is 9.38 Å². The number of halogens is 2. The predicted molar refractivity (Wildman–Crippen MR) is 85.3 cm³/mol. The molecule has 0 aliphatic heterocycles. The summed E-state index contributed by atoms with van der Waals surface area (Å²) in [7, 11) is 0. The minimum atomic E-state index is 0.467. The molecule has 0 spiro atoms. The number of pyridine rings is 1. The van der Waals surface area contributed by atoms with E-state index in [-0.39, 0.29) is 0 Å². The van der Waals surface area contributed by atoms with E-state index in [0.29, 0.717) is 21.6 Å². The van der Waals surface area contributed by atoms with Crippen LogP contribution in [-0.2, 0) is 0 Å². The zero-order chi connectivity index (χ0) is 15.0. The summed E-state index contributed by atoms with van der Waals surface area (Å²) in [6, 6.07) is 9.07. The molecule has 2 heterocycles. The van der Waals surface area contributed by atoms with E-state index in [1.165, 1.54) is 0 Å². The van der Waals surface area contributed by atoms with Crippen molar-refractivity contribution in [2.24, 2.45) is 10.2 Å². The number of benzene rings is 1. The van der Waals surface area contributed by atoms with Gasteiger partial charge in [0.15, 0.2) is 5.82 Å². The second kappa shape index (κ2) is 5.47. The smallest absolute Gasteiger partial charge is 0.182 e. The molecule has 0 saturated carbocycles. The van der Waals surface area contributed by atoms with Gasteiger partial charge in [0.25, 0.3) is 0 Å². The summed E-state index contributed by atoms with van der Waals surface area (Å²) in [4.78, 5) is 4.52. The molecule has 0 fully saturated rings. The lowest BCUT2D eigenvalue weighted by Gasteiger charge is -1.99. The van der Waals surface area contributed by atoms with Crippen LogP contribution in [0.25, 0.3) is 5.65 Å². The maximum atomic E-state index is 6.09. The van der Waals surface area contributed by atoms with Crippen LogP contribution in [0.2, 0.25) is 10.0 Å². The first-order chi connectivity index (χ1) is 10.1. The molecule has 0 unspecified atom stereocenters. The number of nitrogens with zero attached hydrogens (tertiary/aromatic N) is 4. The van der Waals surface area contributed by atoms with E-state index < -0.39 is 0 Å². The molecule has 6 heteroatoms. The number of rotatable bonds is 2. The first kappa shape index (κ1) is 14.0. The van der Waals surface area contributed by atoms with Crippen molar-refractivity contribution >= 4 is 40.4 Å². The number of aromatic nitrogens is 2. The standard InChI is InChI=1S/C15H12Cl2N4/c1-9-4-3-7-21-14(9)18-10(2)15(21)20-19-13-6-5-11(16)8-12(13)17/h3-8H,1-2H3. The van der Waals surface area contributed by atoms with Crippen molar-refractivity contribution in [1.29, 1.82) is 0 Å². The van der Waals surface area contributed by atoms with Gasteiger partial charge in [0, 0.05) is 11.2 Å². The molecular formula is C15H12Cl2N4. The number of fused-ring (bicyclic) bond motifs is 1. The Bertz CT molecular complexity index is 852. The van der Waals surface area contributed by atoms with Gasteiger partial charge in [0.2, 0.25) is 0 Å². The summed E-state index contributed by atoms with van der Waals surface area (Å²) in [6.45, 7) is 3.92. The van der Waals surface area contributed by atoms with Crippen LogP contribution in [0.1, 0.15) is 11.3 Å². The van der Waals surface area contributed by atoms with Gasteiger partial charge in [-0.15, -0.1) is 10.2 Å². The first-order valence-corrected chi connectivity index (χ1v) is 7.13. The Morgan fingerprint density at radius 2 is 1.90 bits per heavy atom. The number of azo groups is 1. The molecule has 21 heavy (non-hydrogen) atoms. The minimum absolute atomic E-state index is 0.467. The van der Waals surface area contributed by atoms with Crippen molar-refractivity contribution in [3.05, 3.63) is 57.8 Å². The molecular weight excluding hydrogens is 307 g/mol. The highest BCUT2D eigenvalue weighted by Gasteiger charge is 2.09. The van der Waals surface area contributed by atoms with Crippen molar-refractivity contribution in [3.63, 3.8) is 0 Å². The quantitative estimate of drug-likeness (QED) is 0.561. The zero-order valence-electron chi connectivity index (χ0n) is 11.5. The summed E-state index contributed by atoms with van der Waals surface area (Å²) in [6.07, 6.45) is 1.92. The number of aryl methyl sites for hydroxylation is 2. The average molecular weight is 319 g/mol. The molecule has 0 atom stereocenters. The summed E-state index contributed by atoms with van der Waals surface area (Å²) in [5.74, 6) is 0.694. The molecule has 0 amide bonds. The maximum absolute atomic E-state index is 6.09. The maximum Gasteiger partial charge on any atom is 0.182 e. The summed E-state index contributed by atoms with van der Waals surface area (Å²) in [5.41, 5.74) is 3.36. The van der Waals surface area contributed by atoms with Gasteiger partial charge in [-0.2, -0.15) is 0 Å². The van der Waals surface area contributed by atoms with E-state index >= 15 is 0 Å². The van der Waals surface area contributed by atoms with E-state index in [1.807, 2.05) is 36.6 Å². The highest BCUT2D eigenvalue weighted by Crippen LogP contribution is 2.30. The van der Waals surface area contributed by atoms with Crippen LogP contribution in [0.15, 0.2) is 46.8 Å². The molecule has 3 rings (SSSR count). The zero-order valence-corrected chi connectivity index (χ0v) is 13.0. The molecule has 0 N–H and O–H groups in total. The van der Waals surface area contributed by atoms with Crippen molar-refractivity contribution in [2.75, 3.05) is 0 Å². The number of hydrogen-bond donors (Lipinski definition) is 0. The number of imidazole rings is 1. The molecule has 0 bridgehead atoms. The lowest BCUT2D eigenvalue weighted by atomic mass is 10.3. The Labute approximate surface area is 132 Å². The third kappa shape index (κ3) is 2.64. The highest BCUT2D eigenvalue weighted by molar-refractivity contribution is 6.36. The lowest BCUT2D eigenvalue weighted by molar-refractivity contribution is 1.09. The lowest BCUT2D eigenvalue weighted by Crippen LogP contribution is -1.85. The summed E-state index contributed by atoms with van der Waals surface area (Å²) >= 11 is 12.0. The molecule has 106 valence electrons. The first-order valence-electron chi connectivity index (χ1n) is 6.37. The van der Waals surface area contributed by atoms with E-state index in [9.17, 15) is 0 Å². The minimum Gasteiger partial charge on any atom is -0.283 e. The Morgan fingerprint density at radius 1 is 1.10 bits per heavy atom. The summed E-state index contributed by atoms with van der Waals surface area (Å²) in [5, 5.41) is 9.53. The highest BCUT2D eigenvalue weighted by atomic mass is 35.5. The van der Waals surface area contributed by atoms with Crippen LogP contribution >= 0.6 is 23.2 Å². The van der Waals surface area contributed by atoms with Crippen molar-refractivity contribution in [2.45, 2.75) is 13.8 Å². The molecule has 2 aromatic heterocycles. The molecule has 0 radical (unpaired) electrons. The monoisotopic (exact) mass is 318 g/mol. The molecule has 1 aromatic carbocycles. The third-order valence-corrected chi connectivity index (χ3v) is 3.69. The fraction of sp³-hybridized carbons (Fsp3) is 0.133. The van der Waals surface area contributed by atoms with E-state index in [0.717, 1.165) is 16.9 Å². The van der Waals surface area contributed by atoms with Gasteiger partial charge in [0.05, 0.1) is 10.7 Å². The Balaban J connectivity index is 2.07. The van der Waals surface area contributed by atoms with Gasteiger partial charge < -0.3 is 0 Å². The van der Waals surface area contributed by atoms with Gasteiger partial charge in [-0.05, 0) is 43.7 Å². The molecule has 3 aromatic rings. The van der Waals surface area contributed by atoms with Gasteiger partial charge in [-0.25, -0.2) is 4.98 Å². The van der Waals surface area contributed by atoms with Gasteiger partial charge in [-0.1, -0.05) is 29.3 Å². The van der Waals surface area contributed by atoms with E-state index in [4.69, 9.17) is 23.2 Å². The van der Waals surface area contributed by atoms with Gasteiger partial charge in [0.1, 0.15) is 11.3 Å². The van der Waals surface area contributed by atoms with Crippen LogP contribution in [0.3, 0.4) is 0 Å². The fourth-order valence-electron chi connectivity index (χ4n) is 2.09. The van der Waals surface area contributed by atoms with E-state index in [1.54, 1.807) is 18.2 Å². The average Bonchev–Trinajstić information content (AvgIpc) is 2.76. The van der Waals surface area contributed by atoms with Crippen LogP contribution < -0.4 is 0 Å². The second-order valence-corrected chi connectivity index (χ2v) is 5.54.